The van der Waals surface area contributed by atoms with Gasteiger partial charge in [0, 0.05) is 25.7 Å². The van der Waals surface area contributed by atoms with Crippen molar-refractivity contribution < 1.29 is 9.53 Å². The van der Waals surface area contributed by atoms with Gasteiger partial charge in [0.1, 0.15) is 6.10 Å². The molecule has 1 heterocycles. The molecule has 0 spiro atoms. The van der Waals surface area contributed by atoms with Gasteiger partial charge in [-0.1, -0.05) is 36.4 Å². The number of rotatable bonds is 4. The van der Waals surface area contributed by atoms with Crippen molar-refractivity contribution in [1.29, 1.82) is 0 Å². The molecule has 1 aliphatic heterocycles. The maximum absolute atomic E-state index is 11.4. The highest BCUT2D eigenvalue weighted by Crippen LogP contribution is 2.16. The number of hydrogen-bond acceptors (Lipinski definition) is 3. The highest BCUT2D eigenvalue weighted by molar-refractivity contribution is 5.81. The predicted octanol–water partition coefficient (Wildman–Crippen LogP) is 2.77. The largest absolute Gasteiger partial charge is 0.459 e. The second kappa shape index (κ2) is 7.10. The molecular formula is C16H21NO2. The monoisotopic (exact) mass is 259 g/mol. The second-order valence-corrected chi connectivity index (χ2v) is 4.90. The molecular weight excluding hydrogens is 238 g/mol. The molecule has 0 saturated carbocycles. The average Bonchev–Trinajstić information content (AvgIpc) is 2.42. The van der Waals surface area contributed by atoms with Crippen molar-refractivity contribution in [2.75, 3.05) is 13.1 Å². The number of piperidine rings is 1. The van der Waals surface area contributed by atoms with Crippen LogP contribution in [0.1, 0.15) is 25.3 Å². The Balaban J connectivity index is 1.75. The molecule has 0 aliphatic carbocycles. The highest BCUT2D eigenvalue weighted by atomic mass is 16.5. The van der Waals surface area contributed by atoms with Crippen molar-refractivity contribution in [3.8, 4) is 0 Å². The summed E-state index contributed by atoms with van der Waals surface area (Å²) in [5.74, 6) is -0.219. The number of carbonyl (C=O) groups is 1. The van der Waals surface area contributed by atoms with E-state index in [9.17, 15) is 4.79 Å². The van der Waals surface area contributed by atoms with Gasteiger partial charge in [0.25, 0.3) is 0 Å². The molecule has 0 radical (unpaired) electrons. The van der Waals surface area contributed by atoms with Crippen LogP contribution in [0.2, 0.25) is 0 Å². The van der Waals surface area contributed by atoms with Gasteiger partial charge in [-0.2, -0.15) is 0 Å². The van der Waals surface area contributed by atoms with Crippen LogP contribution in [-0.2, 0) is 16.1 Å². The number of ether oxygens (including phenoxy) is 1. The third-order valence-corrected chi connectivity index (χ3v) is 3.37. The van der Waals surface area contributed by atoms with Crippen LogP contribution in [0.25, 0.3) is 0 Å². The maximum atomic E-state index is 11.4. The summed E-state index contributed by atoms with van der Waals surface area (Å²) in [5.41, 5.74) is 1.34. The molecule has 1 aromatic rings. The summed E-state index contributed by atoms with van der Waals surface area (Å²) in [6.45, 7) is 4.78. The summed E-state index contributed by atoms with van der Waals surface area (Å²) in [5, 5.41) is 0. The standard InChI is InChI=1S/C16H21NO2/c1-2-6-16(18)19-15-9-11-17(12-10-15)13-14-7-4-3-5-8-14/h2-8,15H,9-13H2,1H3. The molecule has 0 N–H and O–H groups in total. The van der Waals surface area contributed by atoms with Gasteiger partial charge in [0.15, 0.2) is 0 Å². The van der Waals surface area contributed by atoms with Crippen molar-refractivity contribution in [1.82, 2.24) is 4.90 Å². The fourth-order valence-electron chi connectivity index (χ4n) is 2.37. The van der Waals surface area contributed by atoms with Crippen molar-refractivity contribution in [2.45, 2.75) is 32.4 Å². The third-order valence-electron chi connectivity index (χ3n) is 3.37. The van der Waals surface area contributed by atoms with Crippen LogP contribution < -0.4 is 0 Å². The number of esters is 1. The van der Waals surface area contributed by atoms with Crippen LogP contribution in [-0.4, -0.2) is 30.1 Å². The van der Waals surface area contributed by atoms with E-state index in [1.165, 1.54) is 11.6 Å². The first kappa shape index (κ1) is 13.8. The zero-order valence-corrected chi connectivity index (χ0v) is 11.4. The number of hydrogen-bond donors (Lipinski definition) is 0. The molecule has 1 aliphatic rings. The first-order valence-corrected chi connectivity index (χ1v) is 6.87. The minimum Gasteiger partial charge on any atom is -0.459 e. The zero-order valence-electron chi connectivity index (χ0n) is 11.4. The van der Waals surface area contributed by atoms with Crippen LogP contribution in [0, 0.1) is 0 Å². The van der Waals surface area contributed by atoms with Crippen LogP contribution >= 0.6 is 0 Å². The number of benzene rings is 1. The Bertz CT molecular complexity index is 420. The van der Waals surface area contributed by atoms with Crippen LogP contribution in [0.15, 0.2) is 42.5 Å². The normalized spacial score (nSPS) is 17.7. The SMILES string of the molecule is CC=CC(=O)OC1CCN(Cc2ccccc2)CC1. The molecule has 3 heteroatoms. The van der Waals surface area contributed by atoms with Gasteiger partial charge < -0.3 is 4.74 Å². The number of allylic oxidation sites excluding steroid dienone is 1. The van der Waals surface area contributed by atoms with Gasteiger partial charge in [0.05, 0.1) is 0 Å². The lowest BCUT2D eigenvalue weighted by atomic mass is 10.1. The average molecular weight is 259 g/mol. The Hall–Kier alpha value is -1.61. The van der Waals surface area contributed by atoms with E-state index in [4.69, 9.17) is 4.74 Å². The van der Waals surface area contributed by atoms with E-state index in [1.54, 1.807) is 6.08 Å². The van der Waals surface area contributed by atoms with E-state index in [-0.39, 0.29) is 12.1 Å². The van der Waals surface area contributed by atoms with E-state index in [0.717, 1.165) is 32.5 Å². The number of nitrogens with zero attached hydrogens (tertiary/aromatic N) is 1. The summed E-state index contributed by atoms with van der Waals surface area (Å²) in [6.07, 6.45) is 5.13. The molecule has 19 heavy (non-hydrogen) atoms. The highest BCUT2D eigenvalue weighted by Gasteiger charge is 2.21. The summed E-state index contributed by atoms with van der Waals surface area (Å²) in [4.78, 5) is 13.8. The Morgan fingerprint density at radius 2 is 2.00 bits per heavy atom. The minimum absolute atomic E-state index is 0.0794. The molecule has 0 atom stereocenters. The molecule has 1 saturated heterocycles. The van der Waals surface area contributed by atoms with Crippen molar-refractivity contribution in [3.05, 3.63) is 48.0 Å². The van der Waals surface area contributed by atoms with E-state index < -0.39 is 0 Å². The Labute approximate surface area is 114 Å². The van der Waals surface area contributed by atoms with Crippen LogP contribution in [0.4, 0.5) is 0 Å². The van der Waals surface area contributed by atoms with Crippen molar-refractivity contribution in [2.24, 2.45) is 0 Å². The van der Waals surface area contributed by atoms with Crippen molar-refractivity contribution >= 4 is 5.97 Å². The number of likely N-dealkylation sites (tertiary alicyclic amines) is 1. The Kier molecular flexibility index (Phi) is 5.16. The molecule has 0 bridgehead atoms. The zero-order chi connectivity index (χ0) is 13.5. The first-order valence-electron chi connectivity index (χ1n) is 6.87. The van der Waals surface area contributed by atoms with Gasteiger partial charge >= 0.3 is 5.97 Å². The second-order valence-electron chi connectivity index (χ2n) is 4.90. The lowest BCUT2D eigenvalue weighted by Crippen LogP contribution is -2.37. The summed E-state index contributed by atoms with van der Waals surface area (Å²) in [6, 6.07) is 10.5. The Morgan fingerprint density at radius 1 is 1.32 bits per heavy atom. The smallest absolute Gasteiger partial charge is 0.330 e. The van der Waals surface area contributed by atoms with Crippen LogP contribution in [0.5, 0.6) is 0 Å². The van der Waals surface area contributed by atoms with Gasteiger partial charge in [-0.3, -0.25) is 4.90 Å². The molecule has 0 unspecified atom stereocenters. The van der Waals surface area contributed by atoms with Gasteiger partial charge in [0.2, 0.25) is 0 Å². The van der Waals surface area contributed by atoms with Gasteiger partial charge in [-0.05, 0) is 25.3 Å². The van der Waals surface area contributed by atoms with E-state index >= 15 is 0 Å². The van der Waals surface area contributed by atoms with E-state index in [1.807, 2.05) is 13.0 Å². The fraction of sp³-hybridized carbons (Fsp3) is 0.438. The molecule has 1 aromatic carbocycles. The lowest BCUT2D eigenvalue weighted by molar-refractivity contribution is -0.145. The van der Waals surface area contributed by atoms with E-state index in [2.05, 4.69) is 29.2 Å². The molecule has 1 fully saturated rings. The maximum Gasteiger partial charge on any atom is 0.330 e. The molecule has 0 amide bonds. The van der Waals surface area contributed by atoms with Gasteiger partial charge in [-0.15, -0.1) is 0 Å². The summed E-state index contributed by atoms with van der Waals surface area (Å²) in [7, 11) is 0. The first-order chi connectivity index (χ1) is 9.28. The summed E-state index contributed by atoms with van der Waals surface area (Å²) >= 11 is 0. The predicted molar refractivity (Wildman–Crippen MR) is 75.6 cm³/mol. The topological polar surface area (TPSA) is 29.5 Å². The van der Waals surface area contributed by atoms with Crippen molar-refractivity contribution in [3.63, 3.8) is 0 Å². The van der Waals surface area contributed by atoms with Gasteiger partial charge in [-0.25, -0.2) is 4.79 Å². The third kappa shape index (κ3) is 4.52. The molecule has 3 nitrogen and oxygen atoms in total. The van der Waals surface area contributed by atoms with E-state index in [0.29, 0.717) is 0 Å². The Morgan fingerprint density at radius 3 is 2.63 bits per heavy atom. The molecule has 0 aromatic heterocycles. The molecule has 102 valence electrons. The molecule has 2 rings (SSSR count). The minimum atomic E-state index is -0.219. The lowest BCUT2D eigenvalue weighted by Gasteiger charge is -2.31. The summed E-state index contributed by atoms with van der Waals surface area (Å²) < 4.78 is 5.38. The number of carbonyl (C=O) groups excluding carboxylic acids is 1. The quantitative estimate of drug-likeness (QED) is 0.615. The van der Waals surface area contributed by atoms with Crippen LogP contribution in [0.3, 0.4) is 0 Å². The fourth-order valence-corrected chi connectivity index (χ4v) is 2.37.